The molecule has 0 bridgehead atoms. The van der Waals surface area contributed by atoms with Crippen LogP contribution in [0.5, 0.6) is 5.75 Å². The molecule has 1 unspecified atom stereocenters. The number of carbonyl (C=O) groups excluding carboxylic acids is 1. The van der Waals surface area contributed by atoms with E-state index in [0.29, 0.717) is 23.3 Å². The van der Waals surface area contributed by atoms with Gasteiger partial charge in [0.25, 0.3) is 0 Å². The molecule has 1 amide bonds. The van der Waals surface area contributed by atoms with E-state index in [-0.39, 0.29) is 11.2 Å². The van der Waals surface area contributed by atoms with Gasteiger partial charge in [0.1, 0.15) is 18.1 Å². The first-order valence-electron chi connectivity index (χ1n) is 10.2. The average molecular weight is 449 g/mol. The van der Waals surface area contributed by atoms with Gasteiger partial charge in [0.05, 0.1) is 17.1 Å². The zero-order valence-electron chi connectivity index (χ0n) is 18.1. The fourth-order valence-electron chi connectivity index (χ4n) is 3.10. The van der Waals surface area contributed by atoms with Gasteiger partial charge in [-0.05, 0) is 49.7 Å². The Bertz CT molecular complexity index is 1190. The molecule has 0 saturated carbocycles. The molecular formula is C24H24N4O3S. The molecule has 2 aromatic heterocycles. The molecule has 0 radical (unpaired) electrons. The van der Waals surface area contributed by atoms with Gasteiger partial charge >= 0.3 is 0 Å². The SMILES string of the molecule is Cc1occc1-c1nnc(SC(C)C(=O)Nc2ccc(OCc3ccccc3)cc2)n1C. The molecule has 1 N–H and O–H groups in total. The minimum Gasteiger partial charge on any atom is -0.489 e. The summed E-state index contributed by atoms with van der Waals surface area (Å²) in [4.78, 5) is 12.7. The molecule has 0 aliphatic rings. The van der Waals surface area contributed by atoms with Crippen molar-refractivity contribution in [3.05, 3.63) is 78.3 Å². The zero-order valence-corrected chi connectivity index (χ0v) is 18.9. The minimum atomic E-state index is -0.356. The highest BCUT2D eigenvalue weighted by atomic mass is 32.2. The molecule has 2 heterocycles. The van der Waals surface area contributed by atoms with Crippen LogP contribution in [0, 0.1) is 6.92 Å². The van der Waals surface area contributed by atoms with Gasteiger partial charge in [0.2, 0.25) is 5.91 Å². The Balaban J connectivity index is 1.33. The van der Waals surface area contributed by atoms with Gasteiger partial charge in [-0.1, -0.05) is 42.1 Å². The highest BCUT2D eigenvalue weighted by Gasteiger charge is 2.20. The molecule has 0 aliphatic carbocycles. The van der Waals surface area contributed by atoms with Gasteiger partial charge in [-0.25, -0.2) is 0 Å². The van der Waals surface area contributed by atoms with E-state index in [1.165, 1.54) is 11.8 Å². The number of ether oxygens (including phenoxy) is 1. The maximum Gasteiger partial charge on any atom is 0.237 e. The number of hydrogen-bond donors (Lipinski definition) is 1. The first-order chi connectivity index (χ1) is 15.5. The summed E-state index contributed by atoms with van der Waals surface area (Å²) in [5.41, 5.74) is 2.70. The van der Waals surface area contributed by atoms with Crippen LogP contribution in [0.3, 0.4) is 0 Å². The van der Waals surface area contributed by atoms with Crippen LogP contribution in [-0.4, -0.2) is 25.9 Å². The van der Waals surface area contributed by atoms with Crippen LogP contribution in [0.4, 0.5) is 5.69 Å². The third kappa shape index (κ3) is 5.03. The molecule has 4 aromatic rings. The number of nitrogens with one attached hydrogen (secondary N) is 1. The van der Waals surface area contributed by atoms with Crippen LogP contribution in [0.1, 0.15) is 18.2 Å². The Morgan fingerprint density at radius 3 is 2.56 bits per heavy atom. The summed E-state index contributed by atoms with van der Waals surface area (Å²) in [5.74, 6) is 2.11. The largest absolute Gasteiger partial charge is 0.489 e. The zero-order chi connectivity index (χ0) is 22.5. The summed E-state index contributed by atoms with van der Waals surface area (Å²) in [6.07, 6.45) is 1.63. The second-order valence-corrected chi connectivity index (χ2v) is 8.61. The molecule has 4 rings (SSSR count). The summed E-state index contributed by atoms with van der Waals surface area (Å²) in [5, 5.41) is 11.7. The maximum atomic E-state index is 12.7. The lowest BCUT2D eigenvalue weighted by atomic mass is 10.2. The highest BCUT2D eigenvalue weighted by Crippen LogP contribution is 2.28. The molecule has 0 aliphatic heterocycles. The lowest BCUT2D eigenvalue weighted by Crippen LogP contribution is -2.22. The second-order valence-electron chi connectivity index (χ2n) is 7.30. The standard InChI is InChI=1S/C24H24N4O3S/c1-16-21(13-14-30-16)22-26-27-24(28(22)3)32-17(2)23(29)25-19-9-11-20(12-10-19)31-15-18-7-5-4-6-8-18/h4-14,17H,15H2,1-3H3,(H,25,29). The summed E-state index contributed by atoms with van der Waals surface area (Å²) in [6, 6.07) is 19.2. The molecular weight excluding hydrogens is 424 g/mol. The van der Waals surface area contributed by atoms with Gasteiger partial charge < -0.3 is 19.0 Å². The van der Waals surface area contributed by atoms with Crippen LogP contribution in [0.15, 0.2) is 76.5 Å². The van der Waals surface area contributed by atoms with E-state index < -0.39 is 0 Å². The minimum absolute atomic E-state index is 0.114. The number of benzene rings is 2. The number of aryl methyl sites for hydroxylation is 1. The predicted molar refractivity (Wildman–Crippen MR) is 125 cm³/mol. The van der Waals surface area contributed by atoms with E-state index in [1.807, 2.05) is 86.1 Å². The first kappa shape index (κ1) is 21.7. The number of thioether (sulfide) groups is 1. The molecule has 164 valence electrons. The monoisotopic (exact) mass is 448 g/mol. The van der Waals surface area contributed by atoms with Gasteiger partial charge in [-0.2, -0.15) is 0 Å². The molecule has 0 fully saturated rings. The van der Waals surface area contributed by atoms with Crippen molar-refractivity contribution >= 4 is 23.4 Å². The first-order valence-corrected chi connectivity index (χ1v) is 11.1. The van der Waals surface area contributed by atoms with Crippen molar-refractivity contribution in [3.63, 3.8) is 0 Å². The quantitative estimate of drug-likeness (QED) is 0.379. The second kappa shape index (κ2) is 9.74. The van der Waals surface area contributed by atoms with Gasteiger partial charge in [-0.3, -0.25) is 4.79 Å². The van der Waals surface area contributed by atoms with Crippen molar-refractivity contribution in [2.75, 3.05) is 5.32 Å². The number of nitrogens with zero attached hydrogens (tertiary/aromatic N) is 3. The summed E-state index contributed by atoms with van der Waals surface area (Å²) >= 11 is 1.35. The van der Waals surface area contributed by atoms with E-state index in [1.54, 1.807) is 6.26 Å². The summed E-state index contributed by atoms with van der Waals surface area (Å²) in [7, 11) is 1.88. The third-order valence-electron chi connectivity index (χ3n) is 4.96. The fourth-order valence-corrected chi connectivity index (χ4v) is 3.91. The van der Waals surface area contributed by atoms with E-state index >= 15 is 0 Å². The molecule has 1 atom stereocenters. The molecule has 8 heteroatoms. The normalized spacial score (nSPS) is 11.8. The number of hydrogen-bond acceptors (Lipinski definition) is 6. The lowest BCUT2D eigenvalue weighted by Gasteiger charge is -2.12. The summed E-state index contributed by atoms with van der Waals surface area (Å²) < 4.78 is 13.0. The number of anilines is 1. The van der Waals surface area contributed by atoms with Crippen LogP contribution in [0.25, 0.3) is 11.4 Å². The Hall–Kier alpha value is -3.52. The average Bonchev–Trinajstić information content (AvgIpc) is 3.39. The Morgan fingerprint density at radius 2 is 1.88 bits per heavy atom. The van der Waals surface area contributed by atoms with E-state index in [2.05, 4.69) is 15.5 Å². The van der Waals surface area contributed by atoms with Crippen LogP contribution in [0.2, 0.25) is 0 Å². The van der Waals surface area contributed by atoms with Crippen LogP contribution in [-0.2, 0) is 18.4 Å². The highest BCUT2D eigenvalue weighted by molar-refractivity contribution is 8.00. The predicted octanol–water partition coefficient (Wildman–Crippen LogP) is 5.08. The topological polar surface area (TPSA) is 82.2 Å². The maximum absolute atomic E-state index is 12.7. The lowest BCUT2D eigenvalue weighted by molar-refractivity contribution is -0.115. The number of carbonyl (C=O) groups is 1. The van der Waals surface area contributed by atoms with Crippen molar-refractivity contribution in [3.8, 4) is 17.1 Å². The number of furan rings is 1. The van der Waals surface area contributed by atoms with Crippen molar-refractivity contribution in [1.82, 2.24) is 14.8 Å². The van der Waals surface area contributed by atoms with E-state index in [4.69, 9.17) is 9.15 Å². The molecule has 0 spiro atoms. The Labute approximate surface area is 190 Å². The number of amides is 1. The molecule has 0 saturated heterocycles. The van der Waals surface area contributed by atoms with Crippen LogP contribution >= 0.6 is 11.8 Å². The smallest absolute Gasteiger partial charge is 0.237 e. The van der Waals surface area contributed by atoms with Crippen molar-refractivity contribution < 1.29 is 13.9 Å². The fraction of sp³-hybridized carbons (Fsp3) is 0.208. The van der Waals surface area contributed by atoms with Gasteiger partial charge in [-0.15, -0.1) is 10.2 Å². The number of rotatable bonds is 8. The van der Waals surface area contributed by atoms with Crippen molar-refractivity contribution in [2.24, 2.45) is 7.05 Å². The van der Waals surface area contributed by atoms with Gasteiger partial charge in [0, 0.05) is 12.7 Å². The van der Waals surface area contributed by atoms with Crippen molar-refractivity contribution in [2.45, 2.75) is 30.9 Å². The van der Waals surface area contributed by atoms with Crippen LogP contribution < -0.4 is 10.1 Å². The van der Waals surface area contributed by atoms with Crippen molar-refractivity contribution in [1.29, 1.82) is 0 Å². The molecule has 7 nitrogen and oxygen atoms in total. The number of aromatic nitrogens is 3. The Kier molecular flexibility index (Phi) is 6.61. The molecule has 2 aromatic carbocycles. The molecule has 32 heavy (non-hydrogen) atoms. The van der Waals surface area contributed by atoms with Gasteiger partial charge in [0.15, 0.2) is 11.0 Å². The third-order valence-corrected chi connectivity index (χ3v) is 6.09. The van der Waals surface area contributed by atoms with E-state index in [0.717, 1.165) is 22.6 Å². The summed E-state index contributed by atoms with van der Waals surface area (Å²) in [6.45, 7) is 4.22. The Morgan fingerprint density at radius 1 is 1.12 bits per heavy atom. The van der Waals surface area contributed by atoms with E-state index in [9.17, 15) is 4.79 Å².